The molecule has 128 valence electrons. The Morgan fingerprint density at radius 2 is 1.78 bits per heavy atom. The second-order valence-electron chi connectivity index (χ2n) is 7.39. The van der Waals surface area contributed by atoms with E-state index in [-0.39, 0.29) is 17.9 Å². The standard InChI is InChI=1S/C20H31NO2/c1-14(2)17-6-8-18(9-7-17)19(15(3)4)12-20(22)21-10-11-23-13-16(21)5/h6-9,14-16,19H,10-13H2,1-5H3. The fraction of sp³-hybridized carbons (Fsp3) is 0.650. The number of ether oxygens (including phenoxy) is 1. The van der Waals surface area contributed by atoms with Crippen molar-refractivity contribution in [1.29, 1.82) is 0 Å². The second kappa shape index (κ2) is 7.96. The molecule has 3 nitrogen and oxygen atoms in total. The van der Waals surface area contributed by atoms with Crippen molar-refractivity contribution in [3.05, 3.63) is 35.4 Å². The normalized spacial score (nSPS) is 20.1. The number of morpholine rings is 1. The van der Waals surface area contributed by atoms with Crippen LogP contribution in [0.5, 0.6) is 0 Å². The Kier molecular flexibility index (Phi) is 6.23. The maximum Gasteiger partial charge on any atom is 0.223 e. The van der Waals surface area contributed by atoms with Crippen LogP contribution in [0.1, 0.15) is 64.0 Å². The van der Waals surface area contributed by atoms with Crippen molar-refractivity contribution in [2.24, 2.45) is 5.92 Å². The van der Waals surface area contributed by atoms with E-state index in [1.165, 1.54) is 11.1 Å². The molecule has 1 amide bonds. The van der Waals surface area contributed by atoms with Gasteiger partial charge in [-0.05, 0) is 35.8 Å². The van der Waals surface area contributed by atoms with Crippen molar-refractivity contribution >= 4 is 5.91 Å². The molecule has 0 spiro atoms. The number of hydrogen-bond donors (Lipinski definition) is 0. The molecule has 1 aliphatic heterocycles. The summed E-state index contributed by atoms with van der Waals surface area (Å²) in [5.74, 6) is 1.52. The molecule has 0 saturated carbocycles. The van der Waals surface area contributed by atoms with Gasteiger partial charge in [0.05, 0.1) is 19.3 Å². The minimum Gasteiger partial charge on any atom is -0.377 e. The van der Waals surface area contributed by atoms with Crippen LogP contribution in [0, 0.1) is 5.92 Å². The predicted molar refractivity (Wildman–Crippen MR) is 94.7 cm³/mol. The van der Waals surface area contributed by atoms with Gasteiger partial charge in [0.15, 0.2) is 0 Å². The molecule has 1 aromatic rings. The first-order valence-electron chi connectivity index (χ1n) is 8.87. The molecule has 23 heavy (non-hydrogen) atoms. The first kappa shape index (κ1) is 18.0. The van der Waals surface area contributed by atoms with E-state index in [0.29, 0.717) is 31.5 Å². The molecular formula is C20H31NO2. The Morgan fingerprint density at radius 1 is 1.17 bits per heavy atom. The van der Waals surface area contributed by atoms with Crippen LogP contribution in [0.4, 0.5) is 0 Å². The van der Waals surface area contributed by atoms with E-state index in [9.17, 15) is 4.79 Å². The molecule has 1 heterocycles. The topological polar surface area (TPSA) is 29.5 Å². The molecule has 0 bridgehead atoms. The van der Waals surface area contributed by atoms with E-state index < -0.39 is 0 Å². The van der Waals surface area contributed by atoms with Crippen LogP contribution in [-0.4, -0.2) is 36.6 Å². The van der Waals surface area contributed by atoms with E-state index in [2.05, 4.69) is 58.9 Å². The highest BCUT2D eigenvalue weighted by Gasteiger charge is 2.27. The summed E-state index contributed by atoms with van der Waals surface area (Å²) < 4.78 is 5.44. The molecule has 0 aliphatic carbocycles. The molecule has 0 N–H and O–H groups in total. The minimum absolute atomic E-state index is 0.187. The third kappa shape index (κ3) is 4.57. The molecule has 0 radical (unpaired) electrons. The summed E-state index contributed by atoms with van der Waals surface area (Å²) in [6.45, 7) is 12.9. The van der Waals surface area contributed by atoms with Gasteiger partial charge in [0.2, 0.25) is 5.91 Å². The fourth-order valence-corrected chi connectivity index (χ4v) is 3.27. The van der Waals surface area contributed by atoms with Crippen molar-refractivity contribution < 1.29 is 9.53 Å². The molecule has 2 rings (SSSR count). The fourth-order valence-electron chi connectivity index (χ4n) is 3.27. The van der Waals surface area contributed by atoms with Gasteiger partial charge in [-0.3, -0.25) is 4.79 Å². The van der Waals surface area contributed by atoms with Crippen molar-refractivity contribution in [3.63, 3.8) is 0 Å². The third-order valence-electron chi connectivity index (χ3n) is 4.92. The van der Waals surface area contributed by atoms with Gasteiger partial charge in [-0.2, -0.15) is 0 Å². The van der Waals surface area contributed by atoms with Crippen LogP contribution in [0.25, 0.3) is 0 Å². The van der Waals surface area contributed by atoms with Crippen molar-refractivity contribution in [3.8, 4) is 0 Å². The first-order valence-corrected chi connectivity index (χ1v) is 8.87. The molecule has 1 saturated heterocycles. The summed E-state index contributed by atoms with van der Waals surface area (Å²) in [5, 5.41) is 0. The van der Waals surface area contributed by atoms with Crippen molar-refractivity contribution in [2.45, 2.75) is 58.9 Å². The van der Waals surface area contributed by atoms with Crippen LogP contribution in [0.2, 0.25) is 0 Å². The van der Waals surface area contributed by atoms with Gasteiger partial charge in [-0.1, -0.05) is 52.0 Å². The van der Waals surface area contributed by atoms with E-state index in [4.69, 9.17) is 4.74 Å². The van der Waals surface area contributed by atoms with Gasteiger partial charge < -0.3 is 9.64 Å². The molecule has 3 heteroatoms. The van der Waals surface area contributed by atoms with Gasteiger partial charge in [0, 0.05) is 13.0 Å². The Balaban J connectivity index is 2.10. The highest BCUT2D eigenvalue weighted by atomic mass is 16.5. The quantitative estimate of drug-likeness (QED) is 0.815. The Bertz CT molecular complexity index is 507. The lowest BCUT2D eigenvalue weighted by molar-refractivity contribution is -0.139. The Hall–Kier alpha value is -1.35. The molecule has 1 aliphatic rings. The largest absolute Gasteiger partial charge is 0.377 e. The lowest BCUT2D eigenvalue weighted by Gasteiger charge is -2.35. The number of carbonyl (C=O) groups is 1. The van der Waals surface area contributed by atoms with Crippen LogP contribution >= 0.6 is 0 Å². The maximum absolute atomic E-state index is 12.7. The molecule has 1 aromatic carbocycles. The average Bonchev–Trinajstić information content (AvgIpc) is 2.52. The SMILES string of the molecule is CC(C)c1ccc(C(CC(=O)N2CCOCC2C)C(C)C)cc1. The van der Waals surface area contributed by atoms with Crippen LogP contribution in [0.3, 0.4) is 0 Å². The van der Waals surface area contributed by atoms with Crippen LogP contribution in [0.15, 0.2) is 24.3 Å². The monoisotopic (exact) mass is 317 g/mol. The van der Waals surface area contributed by atoms with Crippen molar-refractivity contribution in [2.75, 3.05) is 19.8 Å². The zero-order valence-corrected chi connectivity index (χ0v) is 15.2. The second-order valence-corrected chi connectivity index (χ2v) is 7.39. The summed E-state index contributed by atoms with van der Waals surface area (Å²) >= 11 is 0. The average molecular weight is 317 g/mol. The Labute approximate surface area is 141 Å². The summed E-state index contributed by atoms with van der Waals surface area (Å²) in [4.78, 5) is 14.7. The van der Waals surface area contributed by atoms with Gasteiger partial charge in [0.1, 0.15) is 0 Å². The lowest BCUT2D eigenvalue weighted by Crippen LogP contribution is -2.47. The number of amides is 1. The third-order valence-corrected chi connectivity index (χ3v) is 4.92. The van der Waals surface area contributed by atoms with E-state index in [0.717, 1.165) is 6.54 Å². The molecule has 1 fully saturated rings. The van der Waals surface area contributed by atoms with E-state index >= 15 is 0 Å². The van der Waals surface area contributed by atoms with Gasteiger partial charge >= 0.3 is 0 Å². The van der Waals surface area contributed by atoms with Crippen LogP contribution < -0.4 is 0 Å². The maximum atomic E-state index is 12.7. The van der Waals surface area contributed by atoms with E-state index in [1.54, 1.807) is 0 Å². The number of rotatable bonds is 5. The Morgan fingerprint density at radius 3 is 2.30 bits per heavy atom. The lowest BCUT2D eigenvalue weighted by atomic mass is 9.84. The minimum atomic E-state index is 0.187. The highest BCUT2D eigenvalue weighted by Crippen LogP contribution is 2.30. The molecular weight excluding hydrogens is 286 g/mol. The van der Waals surface area contributed by atoms with Crippen molar-refractivity contribution in [1.82, 2.24) is 4.90 Å². The summed E-state index contributed by atoms with van der Waals surface area (Å²) in [6.07, 6.45) is 0.586. The number of carbonyl (C=O) groups excluding carboxylic acids is 1. The summed E-state index contributed by atoms with van der Waals surface area (Å²) in [7, 11) is 0. The highest BCUT2D eigenvalue weighted by molar-refractivity contribution is 5.77. The van der Waals surface area contributed by atoms with Gasteiger partial charge in [0.25, 0.3) is 0 Å². The zero-order valence-electron chi connectivity index (χ0n) is 15.2. The number of hydrogen-bond acceptors (Lipinski definition) is 2. The predicted octanol–water partition coefficient (Wildman–Crippen LogP) is 4.19. The number of benzene rings is 1. The van der Waals surface area contributed by atoms with Gasteiger partial charge in [-0.25, -0.2) is 0 Å². The first-order chi connectivity index (χ1) is 10.9. The zero-order chi connectivity index (χ0) is 17.0. The van der Waals surface area contributed by atoms with Gasteiger partial charge in [-0.15, -0.1) is 0 Å². The summed E-state index contributed by atoms with van der Waals surface area (Å²) in [6, 6.07) is 9.01. The number of nitrogens with zero attached hydrogens (tertiary/aromatic N) is 1. The molecule has 0 aromatic heterocycles. The summed E-state index contributed by atoms with van der Waals surface area (Å²) in [5.41, 5.74) is 2.63. The van der Waals surface area contributed by atoms with E-state index in [1.807, 2.05) is 4.90 Å². The molecule has 2 unspecified atom stereocenters. The molecule has 2 atom stereocenters. The van der Waals surface area contributed by atoms with Crippen LogP contribution in [-0.2, 0) is 9.53 Å². The smallest absolute Gasteiger partial charge is 0.223 e.